The van der Waals surface area contributed by atoms with Gasteiger partial charge in [-0.25, -0.2) is 8.42 Å². The lowest BCUT2D eigenvalue weighted by Gasteiger charge is -2.12. The molecule has 0 aliphatic rings. The molecule has 0 unspecified atom stereocenters. The minimum absolute atomic E-state index is 0.0468. The van der Waals surface area contributed by atoms with Crippen LogP contribution in [0.25, 0.3) is 0 Å². The van der Waals surface area contributed by atoms with Crippen molar-refractivity contribution in [1.29, 1.82) is 0 Å². The largest absolute Gasteiger partial charge is 0.487 e. The lowest BCUT2D eigenvalue weighted by molar-refractivity contribution is 0.354. The van der Waals surface area contributed by atoms with Crippen molar-refractivity contribution in [2.45, 2.75) is 18.7 Å². The molecule has 0 aliphatic heterocycles. The Kier molecular flexibility index (Phi) is 5.34. The molecule has 0 atom stereocenters. The lowest BCUT2D eigenvalue weighted by Crippen LogP contribution is -2.02. The maximum Gasteiger partial charge on any atom is 0.261 e. The molecular formula is C11H11Cl3O3S. The summed E-state index contributed by atoms with van der Waals surface area (Å²) >= 11 is 11.1. The van der Waals surface area contributed by atoms with E-state index >= 15 is 0 Å². The highest BCUT2D eigenvalue weighted by Crippen LogP contribution is 2.28. The minimum atomic E-state index is -3.74. The Balaban J connectivity index is 3.10. The summed E-state index contributed by atoms with van der Waals surface area (Å²) in [5.74, 6) is 0.565. The van der Waals surface area contributed by atoms with Crippen molar-refractivity contribution < 1.29 is 13.2 Å². The van der Waals surface area contributed by atoms with Crippen LogP contribution < -0.4 is 4.74 Å². The Morgan fingerprint density at radius 2 is 1.83 bits per heavy atom. The van der Waals surface area contributed by atoms with Crippen LogP contribution in [-0.4, -0.2) is 15.0 Å². The highest BCUT2D eigenvalue weighted by atomic mass is 35.7. The third kappa shape index (κ3) is 4.05. The molecule has 7 heteroatoms. The quantitative estimate of drug-likeness (QED) is 0.786. The second-order valence-electron chi connectivity index (χ2n) is 3.67. The molecule has 18 heavy (non-hydrogen) atoms. The van der Waals surface area contributed by atoms with E-state index in [0.29, 0.717) is 21.9 Å². The molecule has 0 aromatic heterocycles. The molecule has 1 aromatic carbocycles. The summed E-state index contributed by atoms with van der Waals surface area (Å²) in [5.41, 5.74) is 2.53. The van der Waals surface area contributed by atoms with Gasteiger partial charge in [0.15, 0.2) is 0 Å². The molecule has 0 amide bonds. The zero-order chi connectivity index (χ0) is 13.9. The zero-order valence-electron chi connectivity index (χ0n) is 9.71. The van der Waals surface area contributed by atoms with Gasteiger partial charge < -0.3 is 4.74 Å². The fourth-order valence-corrected chi connectivity index (χ4v) is 2.47. The van der Waals surface area contributed by atoms with Crippen molar-refractivity contribution in [2.75, 3.05) is 6.61 Å². The molecule has 0 bridgehead atoms. The summed E-state index contributed by atoms with van der Waals surface area (Å²) in [7, 11) is 1.55. The van der Waals surface area contributed by atoms with E-state index in [1.807, 2.05) is 0 Å². The van der Waals surface area contributed by atoms with Crippen LogP contribution in [0.15, 0.2) is 27.6 Å². The highest BCUT2D eigenvalue weighted by molar-refractivity contribution is 8.13. The van der Waals surface area contributed by atoms with E-state index in [1.54, 1.807) is 13.8 Å². The number of hydrogen-bond donors (Lipinski definition) is 0. The van der Waals surface area contributed by atoms with E-state index < -0.39 is 9.05 Å². The topological polar surface area (TPSA) is 43.4 Å². The number of aryl methyl sites for hydroxylation is 2. The van der Waals surface area contributed by atoms with Crippen LogP contribution in [-0.2, 0) is 9.05 Å². The van der Waals surface area contributed by atoms with Crippen molar-refractivity contribution in [3.63, 3.8) is 0 Å². The van der Waals surface area contributed by atoms with Crippen LogP contribution in [0.3, 0.4) is 0 Å². The van der Waals surface area contributed by atoms with Gasteiger partial charge in [-0.3, -0.25) is 0 Å². The summed E-state index contributed by atoms with van der Waals surface area (Å²) in [6, 6.07) is 2.89. The zero-order valence-corrected chi connectivity index (χ0v) is 12.8. The van der Waals surface area contributed by atoms with Gasteiger partial charge in [-0.15, -0.1) is 0 Å². The molecule has 0 N–H and O–H groups in total. The minimum Gasteiger partial charge on any atom is -0.487 e. The Bertz CT molecular complexity index is 556. The van der Waals surface area contributed by atoms with Crippen molar-refractivity contribution in [2.24, 2.45) is 0 Å². The fraction of sp³-hybridized carbons (Fsp3) is 0.273. The first-order chi connectivity index (χ1) is 8.25. The van der Waals surface area contributed by atoms with E-state index in [0.717, 1.165) is 0 Å². The van der Waals surface area contributed by atoms with E-state index in [4.69, 9.17) is 38.6 Å². The molecule has 0 radical (unpaired) electrons. The van der Waals surface area contributed by atoms with Crippen LogP contribution in [0.1, 0.15) is 11.1 Å². The Labute approximate surface area is 121 Å². The summed E-state index contributed by atoms with van der Waals surface area (Å²) < 4.78 is 27.9. The molecule has 1 aromatic rings. The fourth-order valence-electron chi connectivity index (χ4n) is 1.45. The van der Waals surface area contributed by atoms with Gasteiger partial charge in [0.05, 0.1) is 9.93 Å². The Morgan fingerprint density at radius 1 is 1.33 bits per heavy atom. The van der Waals surface area contributed by atoms with Gasteiger partial charge >= 0.3 is 0 Å². The molecule has 0 spiro atoms. The maximum absolute atomic E-state index is 11.2. The van der Waals surface area contributed by atoms with Gasteiger partial charge in [0.2, 0.25) is 0 Å². The van der Waals surface area contributed by atoms with Crippen LogP contribution in [0, 0.1) is 13.8 Å². The first kappa shape index (κ1) is 15.6. The second-order valence-corrected chi connectivity index (χ2v) is 6.94. The Hall–Kier alpha value is -0.420. The molecule has 0 saturated carbocycles. The predicted molar refractivity (Wildman–Crippen MR) is 74.2 cm³/mol. The molecule has 1 rings (SSSR count). The van der Waals surface area contributed by atoms with Crippen molar-refractivity contribution in [3.8, 4) is 5.75 Å². The van der Waals surface area contributed by atoms with Gasteiger partial charge in [0, 0.05) is 16.2 Å². The first-order valence-corrected chi connectivity index (χ1v) is 8.01. The van der Waals surface area contributed by atoms with Gasteiger partial charge in [0.25, 0.3) is 9.05 Å². The summed E-state index contributed by atoms with van der Waals surface area (Å²) in [5, 5.41) is 0.351. The van der Waals surface area contributed by atoms with Gasteiger partial charge in [0.1, 0.15) is 12.4 Å². The lowest BCUT2D eigenvalue weighted by atomic mass is 10.1. The van der Waals surface area contributed by atoms with E-state index in [2.05, 4.69) is 0 Å². The highest BCUT2D eigenvalue weighted by Gasteiger charge is 2.14. The Morgan fingerprint density at radius 3 is 2.22 bits per heavy atom. The van der Waals surface area contributed by atoms with Crippen LogP contribution in [0.5, 0.6) is 5.75 Å². The smallest absolute Gasteiger partial charge is 0.261 e. The maximum atomic E-state index is 11.2. The van der Waals surface area contributed by atoms with E-state index in [9.17, 15) is 8.42 Å². The number of rotatable bonds is 4. The molecule has 100 valence electrons. The third-order valence-electron chi connectivity index (χ3n) is 2.19. The van der Waals surface area contributed by atoms with Crippen LogP contribution in [0.4, 0.5) is 0 Å². The van der Waals surface area contributed by atoms with Crippen molar-refractivity contribution >= 4 is 42.9 Å². The molecule has 0 heterocycles. The monoisotopic (exact) mass is 328 g/mol. The van der Waals surface area contributed by atoms with E-state index in [1.165, 1.54) is 17.7 Å². The standard InChI is InChI=1S/C11H11Cl3O3S/c1-7-3-10(18(14,15)16)4-8(2)11(7)17-6-9(13)5-12/h3-5H,6H2,1-2H3/b9-5-. The predicted octanol–water partition coefficient (Wildman–Crippen LogP) is 3.93. The van der Waals surface area contributed by atoms with Crippen LogP contribution >= 0.6 is 33.9 Å². The first-order valence-electron chi connectivity index (χ1n) is 4.89. The number of ether oxygens (including phenoxy) is 1. The summed E-state index contributed by atoms with van der Waals surface area (Å²) in [6.45, 7) is 3.58. The average molecular weight is 330 g/mol. The second kappa shape index (κ2) is 6.15. The summed E-state index contributed by atoms with van der Waals surface area (Å²) in [4.78, 5) is 0.0468. The molecule has 0 fully saturated rings. The molecule has 3 nitrogen and oxygen atoms in total. The molecular weight excluding hydrogens is 319 g/mol. The molecule has 0 saturated heterocycles. The molecule has 0 aliphatic carbocycles. The SMILES string of the molecule is Cc1cc(S(=O)(=O)Cl)cc(C)c1OC/C(Cl)=C/Cl. The summed E-state index contributed by atoms with van der Waals surface area (Å²) in [6.07, 6.45) is 0. The van der Waals surface area contributed by atoms with E-state index in [-0.39, 0.29) is 11.5 Å². The van der Waals surface area contributed by atoms with Crippen molar-refractivity contribution in [1.82, 2.24) is 0 Å². The van der Waals surface area contributed by atoms with Gasteiger partial charge in [-0.1, -0.05) is 23.2 Å². The number of benzene rings is 1. The van der Waals surface area contributed by atoms with Crippen molar-refractivity contribution in [3.05, 3.63) is 33.8 Å². The average Bonchev–Trinajstić information content (AvgIpc) is 2.26. The number of hydrogen-bond acceptors (Lipinski definition) is 3. The normalized spacial score (nSPS) is 12.6. The van der Waals surface area contributed by atoms with Crippen LogP contribution in [0.2, 0.25) is 0 Å². The van der Waals surface area contributed by atoms with Gasteiger partial charge in [-0.05, 0) is 37.1 Å². The third-order valence-corrected chi connectivity index (χ3v) is 4.11. The number of halogens is 3. The van der Waals surface area contributed by atoms with Gasteiger partial charge in [-0.2, -0.15) is 0 Å².